The minimum atomic E-state index is -4.54. The van der Waals surface area contributed by atoms with Gasteiger partial charge in [-0.05, 0) is 42.2 Å². The number of ether oxygens (including phenoxy) is 5. The van der Waals surface area contributed by atoms with Gasteiger partial charge in [-0.25, -0.2) is 14.1 Å². The molecule has 2 saturated heterocycles. The van der Waals surface area contributed by atoms with Gasteiger partial charge in [0.15, 0.2) is 18.0 Å². The van der Waals surface area contributed by atoms with E-state index in [9.17, 15) is 24.2 Å². The third-order valence-electron chi connectivity index (χ3n) is 9.38. The maximum Gasteiger partial charge on any atom is 0.459 e. The van der Waals surface area contributed by atoms with Crippen molar-refractivity contribution >= 4 is 37.0 Å². The van der Waals surface area contributed by atoms with Gasteiger partial charge in [-0.15, -0.1) is 0 Å². The van der Waals surface area contributed by atoms with Crippen molar-refractivity contribution in [3.63, 3.8) is 0 Å². The molecule has 2 aliphatic rings. The highest BCUT2D eigenvalue weighted by atomic mass is 31.2. The van der Waals surface area contributed by atoms with E-state index >= 15 is 0 Å². The van der Waals surface area contributed by atoms with E-state index in [1.807, 2.05) is 32.9 Å². The minimum Gasteiger partial charge on any atom is -0.461 e. The molecule has 0 spiro atoms. The highest BCUT2D eigenvalue weighted by molar-refractivity contribution is 7.52. The molecular formula is C38H51N6O11P. The maximum absolute atomic E-state index is 14.8. The quantitative estimate of drug-likeness (QED) is 0.127. The summed E-state index contributed by atoms with van der Waals surface area (Å²) < 4.78 is 57.4. The Morgan fingerprint density at radius 1 is 1.00 bits per heavy atom. The first-order chi connectivity index (χ1) is 26.4. The highest BCUT2D eigenvalue weighted by Crippen LogP contribution is 2.49. The second kappa shape index (κ2) is 17.3. The molecule has 0 bridgehead atoms. The molecule has 56 heavy (non-hydrogen) atoms. The predicted octanol–water partition coefficient (Wildman–Crippen LogP) is 4.77. The first kappa shape index (κ1) is 42.6. The van der Waals surface area contributed by atoms with Crippen LogP contribution in [0, 0.1) is 23.2 Å². The van der Waals surface area contributed by atoms with Crippen LogP contribution < -0.4 is 15.3 Å². The first-order valence-corrected chi connectivity index (χ1v) is 20.1. The number of nitrogens with two attached hydrogens (primary N) is 1. The fourth-order valence-corrected chi connectivity index (χ4v) is 7.60. The first-order valence-electron chi connectivity index (χ1n) is 18.6. The van der Waals surface area contributed by atoms with Crippen LogP contribution in [-0.2, 0) is 58.2 Å². The van der Waals surface area contributed by atoms with Gasteiger partial charge in [0.25, 0.3) is 0 Å². The lowest BCUT2D eigenvalue weighted by atomic mass is 9.87. The van der Waals surface area contributed by atoms with E-state index in [0.717, 1.165) is 5.56 Å². The Balaban J connectivity index is 1.53. The van der Waals surface area contributed by atoms with Gasteiger partial charge in [0.2, 0.25) is 5.60 Å². The number of carbonyl (C=O) groups excluding carboxylic acids is 3. The third-order valence-corrected chi connectivity index (χ3v) is 11.0. The zero-order valence-electron chi connectivity index (χ0n) is 32.9. The Kier molecular flexibility index (Phi) is 13.1. The van der Waals surface area contributed by atoms with Crippen LogP contribution in [0.25, 0.3) is 5.52 Å². The van der Waals surface area contributed by atoms with Crippen LogP contribution in [0.4, 0.5) is 5.82 Å². The van der Waals surface area contributed by atoms with E-state index < -0.39 is 74.1 Å². The van der Waals surface area contributed by atoms with E-state index in [1.54, 1.807) is 45.9 Å². The molecule has 0 aliphatic carbocycles. The largest absolute Gasteiger partial charge is 0.461 e. The van der Waals surface area contributed by atoms with Crippen LogP contribution in [0.15, 0.2) is 42.7 Å². The summed E-state index contributed by atoms with van der Waals surface area (Å²) in [5.74, 6) is -3.16. The summed E-state index contributed by atoms with van der Waals surface area (Å²) in [4.78, 5) is 43.7. The number of hydrogen-bond acceptors (Lipinski definition) is 15. The molecule has 4 heterocycles. The number of carbonyl (C=O) groups is 3. The Labute approximate surface area is 326 Å². The zero-order chi connectivity index (χ0) is 41.0. The van der Waals surface area contributed by atoms with E-state index in [4.69, 9.17) is 38.5 Å². The molecule has 18 heteroatoms. The minimum absolute atomic E-state index is 0.0831. The van der Waals surface area contributed by atoms with Gasteiger partial charge in [0.1, 0.15) is 41.9 Å². The number of aromatic nitrogens is 3. The maximum atomic E-state index is 14.8. The lowest BCUT2D eigenvalue weighted by Gasteiger charge is -2.29. The van der Waals surface area contributed by atoms with Crippen LogP contribution in [-0.4, -0.2) is 82.8 Å². The number of fused-ring (bicyclic) bond motifs is 1. The van der Waals surface area contributed by atoms with Crippen molar-refractivity contribution in [2.24, 2.45) is 11.8 Å². The van der Waals surface area contributed by atoms with Crippen LogP contribution in [0.1, 0.15) is 79.5 Å². The van der Waals surface area contributed by atoms with Crippen molar-refractivity contribution in [2.45, 2.75) is 110 Å². The van der Waals surface area contributed by atoms with E-state index in [1.165, 1.54) is 23.8 Å². The molecule has 5 rings (SSSR count). The summed E-state index contributed by atoms with van der Waals surface area (Å²) in [6, 6.07) is 10.9. The van der Waals surface area contributed by atoms with E-state index in [2.05, 4.69) is 21.2 Å². The van der Waals surface area contributed by atoms with Crippen molar-refractivity contribution in [1.29, 1.82) is 5.26 Å². The fraction of sp³-hybridized carbons (Fsp3) is 0.579. The fourth-order valence-electron chi connectivity index (χ4n) is 6.10. The van der Waals surface area contributed by atoms with Gasteiger partial charge in [0, 0.05) is 12.8 Å². The topological polar surface area (TPSA) is 225 Å². The molecule has 2 aromatic heterocycles. The molecule has 2 aliphatic heterocycles. The molecule has 0 radical (unpaired) electrons. The summed E-state index contributed by atoms with van der Waals surface area (Å²) in [5.41, 5.74) is 5.14. The Morgan fingerprint density at radius 2 is 1.64 bits per heavy atom. The van der Waals surface area contributed by atoms with Crippen LogP contribution in [0.2, 0.25) is 0 Å². The monoisotopic (exact) mass is 798 g/mol. The number of benzene rings is 1. The van der Waals surface area contributed by atoms with E-state index in [0.29, 0.717) is 31.6 Å². The molecular weight excluding hydrogens is 747 g/mol. The zero-order valence-corrected chi connectivity index (χ0v) is 33.8. The third kappa shape index (κ3) is 9.50. The number of nitriles is 1. The predicted molar refractivity (Wildman–Crippen MR) is 201 cm³/mol. The molecule has 3 N–H and O–H groups in total. The number of nitrogens with one attached hydrogen (secondary N) is 1. The number of nitrogen functional groups attached to an aromatic ring is 1. The summed E-state index contributed by atoms with van der Waals surface area (Å²) in [5, 5.41) is 17.9. The molecule has 3 aromatic rings. The Morgan fingerprint density at radius 3 is 2.25 bits per heavy atom. The molecule has 1 aromatic carbocycles. The molecule has 2 fully saturated rings. The summed E-state index contributed by atoms with van der Waals surface area (Å²) in [7, 11) is -4.54. The number of anilines is 1. The summed E-state index contributed by atoms with van der Waals surface area (Å²) >= 11 is 0. The van der Waals surface area contributed by atoms with Gasteiger partial charge < -0.3 is 33.9 Å². The number of rotatable bonds is 14. The van der Waals surface area contributed by atoms with Gasteiger partial charge >= 0.3 is 25.7 Å². The van der Waals surface area contributed by atoms with E-state index in [-0.39, 0.29) is 28.8 Å². The average Bonchev–Trinajstić information content (AvgIpc) is 3.71. The Bertz CT molecular complexity index is 1970. The van der Waals surface area contributed by atoms with Crippen molar-refractivity contribution in [3.05, 3.63) is 54.0 Å². The summed E-state index contributed by atoms with van der Waals surface area (Å²) in [6.45, 7) is 14.2. The van der Waals surface area contributed by atoms with Crippen LogP contribution >= 0.6 is 7.75 Å². The standard InChI is InChI=1S/C38H51N6O11P/c1-22(2)34(45)52-31-29(54-38(20-39,32(31)53-35(46)23(3)4)30-14-13-28-33(40)41-21-42-44(28)30)19-50-56(48,55-27-11-9-25(10-12-27)37(6,7)8)43-24(5)36(47)51-26-15-17-49-18-16-26/h9-14,21-24,26,29,31-32H,15-19H2,1-8H3,(H,43,48)(H2,40,41,42)/t24-,29+,31+,32+,38?,56?/m0/s1. The van der Waals surface area contributed by atoms with Crippen molar-refractivity contribution in [3.8, 4) is 11.8 Å². The molecule has 0 saturated carbocycles. The average molecular weight is 799 g/mol. The lowest BCUT2D eigenvalue weighted by Crippen LogP contribution is -2.47. The molecule has 17 nitrogen and oxygen atoms in total. The second-order valence-corrected chi connectivity index (χ2v) is 17.2. The molecule has 0 amide bonds. The normalized spacial score (nSPS) is 23.3. The lowest BCUT2D eigenvalue weighted by molar-refractivity contribution is -0.173. The van der Waals surface area contributed by atoms with Crippen LogP contribution in [0.5, 0.6) is 5.75 Å². The second-order valence-electron chi connectivity index (χ2n) is 15.5. The number of nitrogens with zero attached hydrogens (tertiary/aromatic N) is 4. The highest BCUT2D eigenvalue weighted by Gasteiger charge is 2.63. The Hall–Kier alpha value is -4.59. The smallest absolute Gasteiger partial charge is 0.459 e. The molecule has 6 atom stereocenters. The van der Waals surface area contributed by atoms with Crippen molar-refractivity contribution in [1.82, 2.24) is 19.7 Å². The van der Waals surface area contributed by atoms with Gasteiger partial charge in [-0.3, -0.25) is 18.9 Å². The van der Waals surface area contributed by atoms with Gasteiger partial charge in [0.05, 0.1) is 37.4 Å². The van der Waals surface area contributed by atoms with Gasteiger partial charge in [-0.1, -0.05) is 60.6 Å². The SMILES string of the molecule is CC(C)C(=O)O[C@H]1[C@@H](OC(=O)C(C)C)C(C#N)(c2ccc3c(N)ncnn23)O[C@@H]1COP(=O)(N[C@@H](C)C(=O)OC1CCOCC1)Oc1ccc(C(C)(C)C)cc1. The summed E-state index contributed by atoms with van der Waals surface area (Å²) in [6.07, 6.45) is -2.65. The molecule has 304 valence electrons. The number of esters is 3. The van der Waals surface area contributed by atoms with Crippen molar-refractivity contribution < 1.29 is 51.7 Å². The number of hydrogen-bond donors (Lipinski definition) is 2. The molecule has 2 unspecified atom stereocenters. The van der Waals surface area contributed by atoms with Gasteiger partial charge in [-0.2, -0.15) is 15.4 Å². The van der Waals surface area contributed by atoms with Crippen LogP contribution in [0.3, 0.4) is 0 Å². The van der Waals surface area contributed by atoms with Crippen molar-refractivity contribution in [2.75, 3.05) is 25.6 Å².